The predicted molar refractivity (Wildman–Crippen MR) is 75.0 cm³/mol. The van der Waals surface area contributed by atoms with E-state index in [1.165, 1.54) is 18.2 Å². The Morgan fingerprint density at radius 2 is 2.15 bits per heavy atom. The molecule has 0 heterocycles. The lowest BCUT2D eigenvalue weighted by Gasteiger charge is -2.09. The van der Waals surface area contributed by atoms with Crippen LogP contribution in [-0.2, 0) is 9.59 Å². The van der Waals surface area contributed by atoms with E-state index in [4.69, 9.17) is 11.6 Å². The maximum Gasteiger partial charge on any atom is 0.329 e. The monoisotopic (exact) mass is 299 g/mol. The van der Waals surface area contributed by atoms with Crippen LogP contribution in [0.5, 0.6) is 0 Å². The molecule has 0 spiro atoms. The van der Waals surface area contributed by atoms with Crippen molar-refractivity contribution in [2.45, 2.75) is 26.3 Å². The lowest BCUT2D eigenvalue weighted by molar-refractivity contribution is -0.139. The van der Waals surface area contributed by atoms with Crippen LogP contribution < -0.4 is 10.7 Å². The Kier molecular flexibility index (Phi) is 6.11. The zero-order valence-corrected chi connectivity index (χ0v) is 11.9. The van der Waals surface area contributed by atoms with Crippen LogP contribution in [0.25, 0.3) is 0 Å². The smallest absolute Gasteiger partial charge is 0.329 e. The number of amides is 2. The molecule has 1 atom stereocenters. The third-order valence-corrected chi connectivity index (χ3v) is 2.89. The topological polar surface area (TPSA) is 70.6 Å². The number of carbonyl (C=O) groups is 2. The van der Waals surface area contributed by atoms with Crippen LogP contribution in [0.4, 0.5) is 4.39 Å². The molecule has 0 unspecified atom stereocenters. The Morgan fingerprint density at radius 1 is 1.45 bits per heavy atom. The highest BCUT2D eigenvalue weighted by molar-refractivity contribution is 6.35. The summed E-state index contributed by atoms with van der Waals surface area (Å²) in [6.45, 7) is 3.65. The maximum absolute atomic E-state index is 13.4. The molecule has 108 valence electrons. The number of nitrogens with zero attached hydrogens (tertiary/aromatic N) is 1. The molecule has 2 N–H and O–H groups in total. The van der Waals surface area contributed by atoms with Crippen molar-refractivity contribution in [3.8, 4) is 0 Å². The summed E-state index contributed by atoms with van der Waals surface area (Å²) in [5.41, 5.74) is 2.05. The summed E-state index contributed by atoms with van der Waals surface area (Å²) >= 11 is 5.77. The fourth-order valence-corrected chi connectivity index (χ4v) is 1.44. The molecule has 20 heavy (non-hydrogen) atoms. The van der Waals surface area contributed by atoms with Crippen molar-refractivity contribution in [1.29, 1.82) is 0 Å². The normalized spacial score (nSPS) is 12.2. The molecule has 1 aromatic rings. The van der Waals surface area contributed by atoms with E-state index in [2.05, 4.69) is 10.4 Å². The third kappa shape index (κ3) is 4.62. The highest BCUT2D eigenvalue weighted by Crippen LogP contribution is 2.16. The van der Waals surface area contributed by atoms with E-state index in [9.17, 15) is 14.0 Å². The number of benzene rings is 1. The lowest BCUT2D eigenvalue weighted by Crippen LogP contribution is -2.41. The van der Waals surface area contributed by atoms with Crippen molar-refractivity contribution >= 4 is 29.6 Å². The van der Waals surface area contributed by atoms with Gasteiger partial charge in [-0.2, -0.15) is 5.10 Å². The third-order valence-electron chi connectivity index (χ3n) is 2.56. The van der Waals surface area contributed by atoms with E-state index in [-0.39, 0.29) is 16.6 Å². The fraction of sp³-hybridized carbons (Fsp3) is 0.308. The van der Waals surface area contributed by atoms with E-state index in [0.717, 1.165) is 6.21 Å². The van der Waals surface area contributed by atoms with Gasteiger partial charge in [-0.3, -0.25) is 9.59 Å². The summed E-state index contributed by atoms with van der Waals surface area (Å²) in [5.74, 6) is -2.29. The lowest BCUT2D eigenvalue weighted by atomic mass is 10.2. The average Bonchev–Trinajstić information content (AvgIpc) is 2.41. The second-order valence-electron chi connectivity index (χ2n) is 4.12. The number of hydrogen-bond acceptors (Lipinski definition) is 3. The summed E-state index contributed by atoms with van der Waals surface area (Å²) < 4.78 is 13.4. The first-order chi connectivity index (χ1) is 9.45. The molecule has 1 rings (SSSR count). The molecule has 0 radical (unpaired) electrons. The molecule has 0 aliphatic carbocycles. The minimum absolute atomic E-state index is 0.0387. The molecule has 0 aliphatic heterocycles. The number of carbonyl (C=O) groups excluding carboxylic acids is 2. The molecule has 0 aliphatic rings. The molecule has 0 aromatic heterocycles. The van der Waals surface area contributed by atoms with Gasteiger partial charge in [0.25, 0.3) is 0 Å². The molecule has 0 fully saturated rings. The number of rotatable bonds is 4. The van der Waals surface area contributed by atoms with Gasteiger partial charge in [0.15, 0.2) is 0 Å². The van der Waals surface area contributed by atoms with Gasteiger partial charge in [-0.05, 0) is 25.5 Å². The van der Waals surface area contributed by atoms with Crippen molar-refractivity contribution in [2.75, 3.05) is 0 Å². The van der Waals surface area contributed by atoms with Gasteiger partial charge in [-0.15, -0.1) is 0 Å². The quantitative estimate of drug-likeness (QED) is 0.506. The van der Waals surface area contributed by atoms with Gasteiger partial charge in [-0.25, -0.2) is 9.82 Å². The second kappa shape index (κ2) is 7.59. The first-order valence-corrected chi connectivity index (χ1v) is 6.41. The summed E-state index contributed by atoms with van der Waals surface area (Å²) in [7, 11) is 0. The molecule has 2 amide bonds. The average molecular weight is 300 g/mol. The fourth-order valence-electron chi connectivity index (χ4n) is 1.23. The summed E-state index contributed by atoms with van der Waals surface area (Å²) in [6, 6.07) is 4.04. The van der Waals surface area contributed by atoms with Crippen LogP contribution in [0.3, 0.4) is 0 Å². The molecular formula is C13H15ClFN3O2. The number of hydrogen-bond donors (Lipinski definition) is 2. The largest absolute Gasteiger partial charge is 0.345 e. The summed E-state index contributed by atoms with van der Waals surface area (Å²) in [4.78, 5) is 22.8. The Bertz CT molecular complexity index is 514. The first kappa shape index (κ1) is 16.1. The minimum Gasteiger partial charge on any atom is -0.345 e. The highest BCUT2D eigenvalue weighted by Gasteiger charge is 2.14. The van der Waals surface area contributed by atoms with Crippen molar-refractivity contribution in [3.05, 3.63) is 34.6 Å². The molecule has 7 heteroatoms. The van der Waals surface area contributed by atoms with Crippen molar-refractivity contribution in [2.24, 2.45) is 5.10 Å². The highest BCUT2D eigenvalue weighted by atomic mass is 35.5. The van der Waals surface area contributed by atoms with Crippen LogP contribution in [0.2, 0.25) is 5.02 Å². The Labute approximate surface area is 121 Å². The SMILES string of the molecule is CC[C@@H](C)NC(=O)C(=O)N/N=C\c1c(F)cccc1Cl. The van der Waals surface area contributed by atoms with Gasteiger partial charge < -0.3 is 5.32 Å². The van der Waals surface area contributed by atoms with Crippen LogP contribution >= 0.6 is 11.6 Å². The van der Waals surface area contributed by atoms with Crippen LogP contribution in [0, 0.1) is 5.82 Å². The Balaban J connectivity index is 2.61. The molecule has 1 aromatic carbocycles. The van der Waals surface area contributed by atoms with Crippen molar-refractivity contribution in [3.63, 3.8) is 0 Å². The van der Waals surface area contributed by atoms with Gasteiger partial charge >= 0.3 is 11.8 Å². The standard InChI is InChI=1S/C13H15ClFN3O2/c1-3-8(2)17-12(19)13(20)18-16-7-9-10(14)5-4-6-11(9)15/h4-8H,3H2,1-2H3,(H,17,19)(H,18,20)/b16-7-/t8-/m1/s1. The van der Waals surface area contributed by atoms with E-state index in [0.29, 0.717) is 6.42 Å². The number of halogens is 2. The van der Waals surface area contributed by atoms with Crippen LogP contribution in [-0.4, -0.2) is 24.1 Å². The summed E-state index contributed by atoms with van der Waals surface area (Å²) in [5, 5.41) is 6.14. The van der Waals surface area contributed by atoms with E-state index in [1.807, 2.05) is 12.3 Å². The van der Waals surface area contributed by atoms with Gasteiger partial charge in [0, 0.05) is 11.6 Å². The predicted octanol–water partition coefficient (Wildman–Crippen LogP) is 1.84. The van der Waals surface area contributed by atoms with E-state index in [1.54, 1.807) is 6.92 Å². The van der Waals surface area contributed by atoms with Gasteiger partial charge in [0.1, 0.15) is 5.82 Å². The van der Waals surface area contributed by atoms with Crippen molar-refractivity contribution < 1.29 is 14.0 Å². The zero-order chi connectivity index (χ0) is 15.1. The molecular weight excluding hydrogens is 285 g/mol. The van der Waals surface area contributed by atoms with Crippen LogP contribution in [0.1, 0.15) is 25.8 Å². The van der Waals surface area contributed by atoms with E-state index >= 15 is 0 Å². The molecule has 5 nitrogen and oxygen atoms in total. The summed E-state index contributed by atoms with van der Waals surface area (Å²) in [6.07, 6.45) is 1.75. The maximum atomic E-state index is 13.4. The first-order valence-electron chi connectivity index (χ1n) is 6.03. The number of hydrazone groups is 1. The number of nitrogens with one attached hydrogen (secondary N) is 2. The molecule has 0 bridgehead atoms. The molecule has 0 saturated carbocycles. The van der Waals surface area contributed by atoms with Gasteiger partial charge in [0.2, 0.25) is 0 Å². The van der Waals surface area contributed by atoms with Crippen LogP contribution in [0.15, 0.2) is 23.3 Å². The van der Waals surface area contributed by atoms with E-state index < -0.39 is 17.6 Å². The minimum atomic E-state index is -0.922. The Hall–Kier alpha value is -1.95. The van der Waals surface area contributed by atoms with Gasteiger partial charge in [0.05, 0.1) is 11.2 Å². The second-order valence-corrected chi connectivity index (χ2v) is 4.52. The Morgan fingerprint density at radius 3 is 2.75 bits per heavy atom. The zero-order valence-electron chi connectivity index (χ0n) is 11.1. The van der Waals surface area contributed by atoms with Crippen molar-refractivity contribution in [1.82, 2.24) is 10.7 Å². The molecule has 0 saturated heterocycles. The van der Waals surface area contributed by atoms with Gasteiger partial charge in [-0.1, -0.05) is 24.6 Å².